The highest BCUT2D eigenvalue weighted by Crippen LogP contribution is 2.27. The molecular weight excluding hydrogens is 392 g/mol. The van der Waals surface area contributed by atoms with Crippen LogP contribution in [-0.4, -0.2) is 23.3 Å². The van der Waals surface area contributed by atoms with E-state index >= 15 is 0 Å². The normalized spacial score (nSPS) is 10.9. The molecule has 158 valence electrons. The summed E-state index contributed by atoms with van der Waals surface area (Å²) in [7, 11) is 0. The minimum atomic E-state index is -1.31. The number of carbonyl (C=O) groups excluding carboxylic acids is 3. The zero-order valence-corrected chi connectivity index (χ0v) is 17.6. The molecule has 2 N–H and O–H groups in total. The summed E-state index contributed by atoms with van der Waals surface area (Å²) in [6, 6.07) is 19.7. The minimum absolute atomic E-state index is 0.0111. The largest absolute Gasteiger partial charge is 0.545 e. The summed E-state index contributed by atoms with van der Waals surface area (Å²) in [6.45, 7) is 5.69. The van der Waals surface area contributed by atoms with Crippen molar-refractivity contribution in [1.82, 2.24) is 5.32 Å². The van der Waals surface area contributed by atoms with Gasteiger partial charge in [-0.2, -0.15) is 0 Å². The highest BCUT2D eigenvalue weighted by molar-refractivity contribution is 6.10. The Morgan fingerprint density at radius 2 is 1.23 bits per heavy atom. The lowest BCUT2D eigenvalue weighted by molar-refractivity contribution is -0.254. The van der Waals surface area contributed by atoms with Gasteiger partial charge in [0.15, 0.2) is 0 Å². The van der Waals surface area contributed by atoms with Crippen LogP contribution in [0.1, 0.15) is 51.8 Å². The average Bonchev–Trinajstić information content (AvgIpc) is 2.73. The molecule has 0 aliphatic rings. The monoisotopic (exact) mass is 415 g/mol. The van der Waals surface area contributed by atoms with Gasteiger partial charge >= 0.3 is 0 Å². The Morgan fingerprint density at radius 3 is 1.77 bits per heavy atom. The number of carbonyl (C=O) groups is 3. The summed E-state index contributed by atoms with van der Waals surface area (Å²) in [5, 5.41) is 17.2. The Kier molecular flexibility index (Phi) is 6.20. The molecule has 6 nitrogen and oxygen atoms in total. The first kappa shape index (κ1) is 21.8. The van der Waals surface area contributed by atoms with Crippen LogP contribution in [0.2, 0.25) is 0 Å². The molecule has 0 spiro atoms. The zero-order valence-electron chi connectivity index (χ0n) is 17.6. The average molecular weight is 415 g/mol. The van der Waals surface area contributed by atoms with Crippen LogP contribution in [0.4, 0.5) is 5.69 Å². The van der Waals surface area contributed by atoms with Crippen LogP contribution >= 0.6 is 0 Å². The second-order valence-corrected chi connectivity index (χ2v) is 8.11. The number of rotatable bonds is 5. The van der Waals surface area contributed by atoms with Gasteiger partial charge in [0.2, 0.25) is 0 Å². The molecule has 2 amide bonds. The Hall–Kier alpha value is -3.93. The minimum Gasteiger partial charge on any atom is -0.545 e. The molecule has 0 aromatic heterocycles. The lowest BCUT2D eigenvalue weighted by Crippen LogP contribution is -2.40. The smallest absolute Gasteiger partial charge is 0.256 e. The predicted octanol–water partition coefficient (Wildman–Crippen LogP) is 3.50. The Bertz CT molecular complexity index is 1130. The van der Waals surface area contributed by atoms with E-state index in [1.54, 1.807) is 66.7 Å². The van der Waals surface area contributed by atoms with E-state index < -0.39 is 11.9 Å². The first-order valence-corrected chi connectivity index (χ1v) is 9.79. The first-order valence-electron chi connectivity index (χ1n) is 9.79. The van der Waals surface area contributed by atoms with Crippen molar-refractivity contribution in [2.24, 2.45) is 0 Å². The van der Waals surface area contributed by atoms with Crippen LogP contribution in [-0.2, 0) is 0 Å². The van der Waals surface area contributed by atoms with E-state index in [0.29, 0.717) is 27.9 Å². The van der Waals surface area contributed by atoms with Crippen LogP contribution in [0.3, 0.4) is 0 Å². The van der Waals surface area contributed by atoms with Gasteiger partial charge in [0.25, 0.3) is 11.8 Å². The number of carboxylic acids is 1. The molecule has 0 atom stereocenters. The summed E-state index contributed by atoms with van der Waals surface area (Å²) in [5.41, 5.74) is 1.87. The highest BCUT2D eigenvalue weighted by Gasteiger charge is 2.17. The van der Waals surface area contributed by atoms with Crippen LogP contribution in [0.5, 0.6) is 0 Å². The molecule has 0 aliphatic heterocycles. The van der Waals surface area contributed by atoms with Gasteiger partial charge < -0.3 is 20.5 Å². The summed E-state index contributed by atoms with van der Waals surface area (Å²) in [4.78, 5) is 36.7. The van der Waals surface area contributed by atoms with Gasteiger partial charge in [0.1, 0.15) is 0 Å². The molecule has 6 heteroatoms. The van der Waals surface area contributed by atoms with Crippen molar-refractivity contribution in [2.75, 3.05) is 5.32 Å². The van der Waals surface area contributed by atoms with Gasteiger partial charge in [0, 0.05) is 27.9 Å². The third-order valence-electron chi connectivity index (χ3n) is 4.50. The maximum Gasteiger partial charge on any atom is 0.256 e. The van der Waals surface area contributed by atoms with Crippen molar-refractivity contribution in [3.63, 3.8) is 0 Å². The highest BCUT2D eigenvalue weighted by atomic mass is 16.4. The van der Waals surface area contributed by atoms with Crippen molar-refractivity contribution in [2.45, 2.75) is 26.3 Å². The lowest BCUT2D eigenvalue weighted by atomic mass is 9.95. The van der Waals surface area contributed by atoms with Crippen LogP contribution < -0.4 is 15.7 Å². The van der Waals surface area contributed by atoms with Gasteiger partial charge in [-0.15, -0.1) is 0 Å². The van der Waals surface area contributed by atoms with Crippen molar-refractivity contribution >= 4 is 23.5 Å². The van der Waals surface area contributed by atoms with Crippen LogP contribution in [0.15, 0.2) is 72.8 Å². The van der Waals surface area contributed by atoms with E-state index in [-0.39, 0.29) is 17.0 Å². The summed E-state index contributed by atoms with van der Waals surface area (Å²) < 4.78 is 0. The Balaban J connectivity index is 1.84. The Morgan fingerprint density at radius 1 is 0.710 bits per heavy atom. The molecule has 0 saturated heterocycles. The summed E-state index contributed by atoms with van der Waals surface area (Å²) in [6.07, 6.45) is 0. The van der Waals surface area contributed by atoms with Gasteiger partial charge in [-0.1, -0.05) is 42.5 Å². The predicted molar refractivity (Wildman–Crippen MR) is 118 cm³/mol. The fraction of sp³-hybridized carbons (Fsp3) is 0.160. The second kappa shape index (κ2) is 8.83. The maximum atomic E-state index is 12.9. The number of anilines is 1. The van der Waals surface area contributed by atoms with E-state index in [1.807, 2.05) is 20.8 Å². The SMILES string of the molecule is CC(C)(C)NC(=O)c1ccc(NC(=O)c2ccccc2-c2ccccc2C(=O)[O-])cc1. The number of carboxylic acid groups (broad SMARTS) is 1. The molecule has 31 heavy (non-hydrogen) atoms. The molecule has 0 radical (unpaired) electrons. The van der Waals surface area contributed by atoms with Crippen molar-refractivity contribution in [3.05, 3.63) is 89.5 Å². The van der Waals surface area contributed by atoms with Crippen LogP contribution in [0, 0.1) is 0 Å². The van der Waals surface area contributed by atoms with Gasteiger partial charge in [-0.25, -0.2) is 0 Å². The second-order valence-electron chi connectivity index (χ2n) is 8.11. The molecule has 0 fully saturated rings. The number of hydrogen-bond donors (Lipinski definition) is 2. The lowest BCUT2D eigenvalue weighted by Gasteiger charge is -2.20. The molecule has 0 saturated carbocycles. The zero-order chi connectivity index (χ0) is 22.6. The number of hydrogen-bond acceptors (Lipinski definition) is 4. The third-order valence-corrected chi connectivity index (χ3v) is 4.50. The van der Waals surface area contributed by atoms with Crippen molar-refractivity contribution in [3.8, 4) is 11.1 Å². The topological polar surface area (TPSA) is 98.3 Å². The summed E-state index contributed by atoms with van der Waals surface area (Å²) in [5.74, 6) is -1.90. The van der Waals surface area contributed by atoms with E-state index in [4.69, 9.17) is 0 Å². The quantitative estimate of drug-likeness (QED) is 0.666. The standard InChI is InChI=1S/C25H24N2O4/c1-25(2,3)27-22(28)16-12-14-17(15-13-16)26-23(29)20-10-6-4-8-18(20)19-9-5-7-11-21(19)24(30)31/h4-15H,1-3H3,(H,26,29)(H,27,28)(H,30,31)/p-1. The van der Waals surface area contributed by atoms with Gasteiger partial charge in [0.05, 0.1) is 5.97 Å². The summed E-state index contributed by atoms with van der Waals surface area (Å²) >= 11 is 0. The van der Waals surface area contributed by atoms with E-state index in [9.17, 15) is 19.5 Å². The number of benzene rings is 3. The first-order chi connectivity index (χ1) is 14.7. The van der Waals surface area contributed by atoms with E-state index in [2.05, 4.69) is 10.6 Å². The van der Waals surface area contributed by atoms with Gasteiger partial charge in [-0.05, 0) is 62.2 Å². The molecular formula is C25H23N2O4-. The van der Waals surface area contributed by atoms with Crippen LogP contribution in [0.25, 0.3) is 11.1 Å². The number of nitrogens with one attached hydrogen (secondary N) is 2. The van der Waals surface area contributed by atoms with Crippen molar-refractivity contribution < 1.29 is 19.5 Å². The number of amides is 2. The molecule has 0 heterocycles. The van der Waals surface area contributed by atoms with E-state index in [1.165, 1.54) is 6.07 Å². The Labute approximate surface area is 180 Å². The van der Waals surface area contributed by atoms with Crippen molar-refractivity contribution in [1.29, 1.82) is 0 Å². The van der Waals surface area contributed by atoms with Gasteiger partial charge in [-0.3, -0.25) is 9.59 Å². The molecule has 0 bridgehead atoms. The fourth-order valence-corrected chi connectivity index (χ4v) is 3.13. The molecule has 3 rings (SSSR count). The molecule has 0 unspecified atom stereocenters. The maximum absolute atomic E-state index is 12.9. The fourth-order valence-electron chi connectivity index (χ4n) is 3.13. The number of aromatic carboxylic acids is 1. The molecule has 3 aromatic rings. The third kappa shape index (κ3) is 5.36. The molecule has 3 aromatic carbocycles. The molecule has 0 aliphatic carbocycles. The van der Waals surface area contributed by atoms with E-state index in [0.717, 1.165) is 0 Å².